The number of hydrogen-bond acceptors (Lipinski definition) is 3. The lowest BCUT2D eigenvalue weighted by Gasteiger charge is -2.13. The molecule has 0 aliphatic carbocycles. The van der Waals surface area contributed by atoms with Gasteiger partial charge in [-0.25, -0.2) is 0 Å². The Labute approximate surface area is 109 Å². The van der Waals surface area contributed by atoms with Crippen LogP contribution in [0.5, 0.6) is 5.75 Å². The normalized spacial score (nSPS) is 20.9. The average Bonchev–Trinajstić information content (AvgIpc) is 2.91. The third-order valence-corrected chi connectivity index (χ3v) is 3.42. The van der Waals surface area contributed by atoms with E-state index in [1.165, 1.54) is 5.56 Å². The molecule has 0 amide bonds. The summed E-state index contributed by atoms with van der Waals surface area (Å²) in [5, 5.41) is 3.24. The first-order chi connectivity index (χ1) is 8.78. The molecule has 0 radical (unpaired) electrons. The predicted molar refractivity (Wildman–Crippen MR) is 73.1 cm³/mol. The quantitative estimate of drug-likeness (QED) is 0.839. The fourth-order valence-electron chi connectivity index (χ4n) is 2.14. The largest absolute Gasteiger partial charge is 0.491 e. The Kier molecular flexibility index (Phi) is 5.02. The number of rotatable bonds is 6. The maximum Gasteiger partial charge on any atom is 0.119 e. The van der Waals surface area contributed by atoms with Gasteiger partial charge in [-0.2, -0.15) is 0 Å². The van der Waals surface area contributed by atoms with Crippen LogP contribution < -0.4 is 10.1 Å². The summed E-state index contributed by atoms with van der Waals surface area (Å²) in [6, 6.07) is 8.88. The molecular formula is C15H23NO2. The summed E-state index contributed by atoms with van der Waals surface area (Å²) in [7, 11) is 1.99. The van der Waals surface area contributed by atoms with E-state index in [2.05, 4.69) is 24.4 Å². The summed E-state index contributed by atoms with van der Waals surface area (Å²) in [5.74, 6) is 0.936. The van der Waals surface area contributed by atoms with Gasteiger partial charge in [0.2, 0.25) is 0 Å². The van der Waals surface area contributed by atoms with Gasteiger partial charge < -0.3 is 14.8 Å². The zero-order valence-corrected chi connectivity index (χ0v) is 11.3. The van der Waals surface area contributed by atoms with Gasteiger partial charge in [-0.3, -0.25) is 0 Å². The van der Waals surface area contributed by atoms with E-state index in [1.54, 1.807) is 0 Å². The molecule has 1 aliphatic rings. The van der Waals surface area contributed by atoms with Gasteiger partial charge in [0.1, 0.15) is 12.4 Å². The average molecular weight is 249 g/mol. The molecule has 3 heteroatoms. The molecule has 0 saturated carbocycles. The van der Waals surface area contributed by atoms with Gasteiger partial charge in [0, 0.05) is 12.6 Å². The SMILES string of the molecule is CNC(C)Cc1ccc(OCC2CCCO2)cc1. The lowest BCUT2D eigenvalue weighted by molar-refractivity contribution is 0.0679. The van der Waals surface area contributed by atoms with E-state index in [1.807, 2.05) is 19.2 Å². The molecule has 2 rings (SSSR count). The Morgan fingerprint density at radius 3 is 2.78 bits per heavy atom. The van der Waals surface area contributed by atoms with Crippen LogP contribution in [0.2, 0.25) is 0 Å². The minimum absolute atomic E-state index is 0.286. The zero-order chi connectivity index (χ0) is 12.8. The first kappa shape index (κ1) is 13.4. The Morgan fingerprint density at radius 2 is 2.17 bits per heavy atom. The van der Waals surface area contributed by atoms with E-state index in [0.29, 0.717) is 12.6 Å². The summed E-state index contributed by atoms with van der Waals surface area (Å²) in [5.41, 5.74) is 1.33. The third-order valence-electron chi connectivity index (χ3n) is 3.42. The van der Waals surface area contributed by atoms with Gasteiger partial charge in [0.15, 0.2) is 0 Å². The molecule has 3 nitrogen and oxygen atoms in total. The van der Waals surface area contributed by atoms with Crippen LogP contribution in [0.4, 0.5) is 0 Å². The van der Waals surface area contributed by atoms with E-state index in [4.69, 9.17) is 9.47 Å². The van der Waals surface area contributed by atoms with Crippen LogP contribution in [0.3, 0.4) is 0 Å². The minimum atomic E-state index is 0.286. The Bertz CT molecular complexity index is 344. The highest BCUT2D eigenvalue weighted by Gasteiger charge is 2.15. The van der Waals surface area contributed by atoms with Crippen LogP contribution in [0, 0.1) is 0 Å². The molecule has 1 aromatic rings. The van der Waals surface area contributed by atoms with Crippen molar-refractivity contribution in [3.8, 4) is 5.75 Å². The standard InChI is InChI=1S/C15H23NO2/c1-12(16-2)10-13-5-7-14(8-6-13)18-11-15-4-3-9-17-15/h5-8,12,15-16H,3-4,9-11H2,1-2H3. The van der Waals surface area contributed by atoms with Crippen LogP contribution in [-0.4, -0.2) is 32.4 Å². The molecule has 1 heterocycles. The third kappa shape index (κ3) is 4.00. The smallest absolute Gasteiger partial charge is 0.119 e. The summed E-state index contributed by atoms with van der Waals surface area (Å²) >= 11 is 0. The van der Waals surface area contributed by atoms with E-state index in [0.717, 1.165) is 31.6 Å². The molecule has 18 heavy (non-hydrogen) atoms. The number of benzene rings is 1. The van der Waals surface area contributed by atoms with Gasteiger partial charge in [-0.15, -0.1) is 0 Å². The molecular weight excluding hydrogens is 226 g/mol. The molecule has 1 fully saturated rings. The number of nitrogens with one attached hydrogen (secondary N) is 1. The molecule has 1 N–H and O–H groups in total. The number of likely N-dealkylation sites (N-methyl/N-ethyl adjacent to an activating group) is 1. The van der Waals surface area contributed by atoms with Crippen molar-refractivity contribution in [3.63, 3.8) is 0 Å². The summed E-state index contributed by atoms with van der Waals surface area (Å²) in [4.78, 5) is 0. The first-order valence-electron chi connectivity index (χ1n) is 6.78. The Balaban J connectivity index is 1.79. The van der Waals surface area contributed by atoms with E-state index < -0.39 is 0 Å². The highest BCUT2D eigenvalue weighted by Crippen LogP contribution is 2.17. The summed E-state index contributed by atoms with van der Waals surface area (Å²) in [6.45, 7) is 3.74. The maximum atomic E-state index is 5.74. The molecule has 2 atom stereocenters. The molecule has 1 aromatic carbocycles. The van der Waals surface area contributed by atoms with Gasteiger partial charge in [-0.05, 0) is 50.9 Å². The van der Waals surface area contributed by atoms with Crippen molar-refractivity contribution in [2.24, 2.45) is 0 Å². The molecule has 2 unspecified atom stereocenters. The van der Waals surface area contributed by atoms with Crippen molar-refractivity contribution in [3.05, 3.63) is 29.8 Å². The van der Waals surface area contributed by atoms with Crippen LogP contribution in [0.15, 0.2) is 24.3 Å². The molecule has 0 aromatic heterocycles. The Hall–Kier alpha value is -1.06. The summed E-state index contributed by atoms with van der Waals surface area (Å²) < 4.78 is 11.3. The van der Waals surface area contributed by atoms with Gasteiger partial charge in [0.25, 0.3) is 0 Å². The monoisotopic (exact) mass is 249 g/mol. The van der Waals surface area contributed by atoms with Gasteiger partial charge in [0.05, 0.1) is 6.10 Å². The van der Waals surface area contributed by atoms with Crippen LogP contribution in [0.1, 0.15) is 25.3 Å². The van der Waals surface area contributed by atoms with Gasteiger partial charge in [-0.1, -0.05) is 12.1 Å². The zero-order valence-electron chi connectivity index (χ0n) is 11.3. The van der Waals surface area contributed by atoms with Crippen molar-refractivity contribution in [1.82, 2.24) is 5.32 Å². The molecule has 1 saturated heterocycles. The molecule has 100 valence electrons. The minimum Gasteiger partial charge on any atom is -0.491 e. The van der Waals surface area contributed by atoms with Crippen molar-refractivity contribution in [2.45, 2.75) is 38.3 Å². The van der Waals surface area contributed by atoms with Crippen molar-refractivity contribution < 1.29 is 9.47 Å². The number of ether oxygens (including phenoxy) is 2. The fraction of sp³-hybridized carbons (Fsp3) is 0.600. The maximum absolute atomic E-state index is 5.74. The highest BCUT2D eigenvalue weighted by molar-refractivity contribution is 5.27. The first-order valence-corrected chi connectivity index (χ1v) is 6.78. The van der Waals surface area contributed by atoms with E-state index in [9.17, 15) is 0 Å². The topological polar surface area (TPSA) is 30.5 Å². The lowest BCUT2D eigenvalue weighted by Crippen LogP contribution is -2.23. The van der Waals surface area contributed by atoms with Crippen molar-refractivity contribution in [1.29, 1.82) is 0 Å². The van der Waals surface area contributed by atoms with Gasteiger partial charge >= 0.3 is 0 Å². The Morgan fingerprint density at radius 1 is 1.39 bits per heavy atom. The molecule has 0 spiro atoms. The van der Waals surface area contributed by atoms with Crippen molar-refractivity contribution in [2.75, 3.05) is 20.3 Å². The lowest BCUT2D eigenvalue weighted by atomic mass is 10.1. The fourth-order valence-corrected chi connectivity index (χ4v) is 2.14. The van der Waals surface area contributed by atoms with Crippen molar-refractivity contribution >= 4 is 0 Å². The second kappa shape index (κ2) is 6.76. The van der Waals surface area contributed by atoms with Crippen LogP contribution in [-0.2, 0) is 11.2 Å². The second-order valence-corrected chi connectivity index (χ2v) is 4.98. The molecule has 1 aliphatic heterocycles. The number of hydrogen-bond donors (Lipinski definition) is 1. The predicted octanol–water partition coefficient (Wildman–Crippen LogP) is 2.39. The molecule has 0 bridgehead atoms. The van der Waals surface area contributed by atoms with E-state index >= 15 is 0 Å². The highest BCUT2D eigenvalue weighted by atomic mass is 16.5. The van der Waals surface area contributed by atoms with Crippen LogP contribution >= 0.6 is 0 Å². The van der Waals surface area contributed by atoms with Crippen LogP contribution in [0.25, 0.3) is 0 Å². The van der Waals surface area contributed by atoms with E-state index in [-0.39, 0.29) is 6.10 Å². The summed E-state index contributed by atoms with van der Waals surface area (Å²) in [6.07, 6.45) is 3.61. The second-order valence-electron chi connectivity index (χ2n) is 4.98.